The fourth-order valence-electron chi connectivity index (χ4n) is 3.52. The Morgan fingerprint density at radius 1 is 1.31 bits per heavy atom. The number of pyridine rings is 1. The largest absolute Gasteiger partial charge is 0.378 e. The number of hydrogen-bond donors (Lipinski definition) is 1. The number of rotatable bonds is 4. The molecule has 0 radical (unpaired) electrons. The van der Waals surface area contributed by atoms with Crippen LogP contribution in [0.25, 0.3) is 0 Å². The lowest BCUT2D eigenvalue weighted by molar-refractivity contribution is 0.122. The second kappa shape index (κ2) is 10.3. The second-order valence-corrected chi connectivity index (χ2v) is 10.5. The van der Waals surface area contributed by atoms with E-state index in [-0.39, 0.29) is 29.7 Å². The summed E-state index contributed by atoms with van der Waals surface area (Å²) in [7, 11) is -3.08. The number of halogens is 1. The van der Waals surface area contributed by atoms with Gasteiger partial charge in [0, 0.05) is 44.5 Å². The number of anilines is 1. The Hall–Kier alpha value is -1.14. The highest BCUT2D eigenvalue weighted by molar-refractivity contribution is 14.0. The van der Waals surface area contributed by atoms with Crippen molar-refractivity contribution < 1.29 is 13.2 Å². The Balaban J connectivity index is 0.00000300. The molecule has 0 amide bonds. The predicted octanol–water partition coefficient (Wildman–Crippen LogP) is 1.51. The Kier molecular flexibility index (Phi) is 8.53. The van der Waals surface area contributed by atoms with Gasteiger partial charge < -0.3 is 19.9 Å². The predicted molar refractivity (Wildman–Crippen MR) is 127 cm³/mol. The van der Waals surface area contributed by atoms with Crippen LogP contribution in [0.5, 0.6) is 0 Å². The van der Waals surface area contributed by atoms with Crippen LogP contribution in [0.15, 0.2) is 23.3 Å². The number of morpholine rings is 1. The van der Waals surface area contributed by atoms with Gasteiger partial charge in [0.1, 0.15) is 5.82 Å². The van der Waals surface area contributed by atoms with Crippen LogP contribution in [0.2, 0.25) is 0 Å². The maximum absolute atomic E-state index is 12.3. The van der Waals surface area contributed by atoms with Crippen LogP contribution in [0.3, 0.4) is 0 Å². The molecule has 3 heterocycles. The SMILES string of the molecule is CCNC(=NCc1cccnc1N1CCOCC1)N1CCS(=O)(=O)C(C)(C)C1.I. The molecule has 2 aliphatic heterocycles. The zero-order valence-corrected chi connectivity index (χ0v) is 20.6. The molecule has 2 saturated heterocycles. The number of sulfone groups is 1. The summed E-state index contributed by atoms with van der Waals surface area (Å²) < 4.78 is 29.3. The van der Waals surface area contributed by atoms with Crippen molar-refractivity contribution in [3.8, 4) is 0 Å². The van der Waals surface area contributed by atoms with E-state index in [1.165, 1.54) is 0 Å². The smallest absolute Gasteiger partial charge is 0.194 e. The first-order chi connectivity index (χ1) is 13.3. The first kappa shape index (κ1) is 24.1. The Bertz CT molecular complexity index is 810. The molecule has 29 heavy (non-hydrogen) atoms. The number of ether oxygens (including phenoxy) is 1. The van der Waals surface area contributed by atoms with Crippen LogP contribution in [-0.2, 0) is 21.1 Å². The van der Waals surface area contributed by atoms with Gasteiger partial charge >= 0.3 is 0 Å². The quantitative estimate of drug-likeness (QED) is 0.354. The van der Waals surface area contributed by atoms with E-state index in [9.17, 15) is 8.42 Å². The number of hydrogen-bond acceptors (Lipinski definition) is 6. The van der Waals surface area contributed by atoms with Crippen LogP contribution in [0, 0.1) is 0 Å². The molecule has 0 bridgehead atoms. The minimum absolute atomic E-state index is 0. The lowest BCUT2D eigenvalue weighted by Gasteiger charge is -2.39. The van der Waals surface area contributed by atoms with Gasteiger partial charge in [0.15, 0.2) is 15.8 Å². The van der Waals surface area contributed by atoms with Crippen molar-refractivity contribution in [3.05, 3.63) is 23.9 Å². The maximum Gasteiger partial charge on any atom is 0.194 e. The molecule has 8 nitrogen and oxygen atoms in total. The molecular formula is C19H32IN5O3S. The standard InChI is InChI=1S/C19H31N5O3S.HI/c1-4-20-18(24-10-13-28(25,26)19(2,3)15-24)22-14-16-6-5-7-21-17(16)23-8-11-27-12-9-23;/h5-7H,4,8-15H2,1-3H3,(H,20,22);1H. The average molecular weight is 537 g/mol. The minimum Gasteiger partial charge on any atom is -0.378 e. The molecule has 0 saturated carbocycles. The molecule has 0 aromatic carbocycles. The van der Waals surface area contributed by atoms with Gasteiger partial charge in [-0.1, -0.05) is 6.07 Å². The molecule has 1 N–H and O–H groups in total. The van der Waals surface area contributed by atoms with E-state index >= 15 is 0 Å². The summed E-state index contributed by atoms with van der Waals surface area (Å²) in [5.41, 5.74) is 1.06. The summed E-state index contributed by atoms with van der Waals surface area (Å²) in [6.07, 6.45) is 1.81. The van der Waals surface area contributed by atoms with Crippen molar-refractivity contribution in [2.24, 2.45) is 4.99 Å². The highest BCUT2D eigenvalue weighted by Gasteiger charge is 2.41. The van der Waals surface area contributed by atoms with E-state index in [4.69, 9.17) is 9.73 Å². The normalized spacial score (nSPS) is 21.4. The molecule has 10 heteroatoms. The molecule has 0 unspecified atom stereocenters. The van der Waals surface area contributed by atoms with E-state index in [0.29, 0.717) is 32.8 Å². The molecule has 2 fully saturated rings. The van der Waals surface area contributed by atoms with Crippen LogP contribution >= 0.6 is 24.0 Å². The molecule has 0 aliphatic carbocycles. The fourth-order valence-corrected chi connectivity index (χ4v) is 4.89. The molecule has 0 spiro atoms. The van der Waals surface area contributed by atoms with E-state index in [2.05, 4.69) is 26.2 Å². The zero-order valence-electron chi connectivity index (χ0n) is 17.4. The van der Waals surface area contributed by atoms with Crippen LogP contribution < -0.4 is 10.2 Å². The van der Waals surface area contributed by atoms with Crippen molar-refractivity contribution in [1.29, 1.82) is 0 Å². The summed E-state index contributed by atoms with van der Waals surface area (Å²) >= 11 is 0. The first-order valence-electron chi connectivity index (χ1n) is 9.86. The Morgan fingerprint density at radius 2 is 2.03 bits per heavy atom. The first-order valence-corrected chi connectivity index (χ1v) is 11.5. The number of nitrogens with one attached hydrogen (secondary N) is 1. The monoisotopic (exact) mass is 537 g/mol. The maximum atomic E-state index is 12.3. The van der Waals surface area contributed by atoms with E-state index in [0.717, 1.165) is 37.0 Å². The fraction of sp³-hybridized carbons (Fsp3) is 0.684. The van der Waals surface area contributed by atoms with Gasteiger partial charge in [0.2, 0.25) is 0 Å². The zero-order chi connectivity index (χ0) is 20.2. The van der Waals surface area contributed by atoms with Gasteiger partial charge in [-0.15, -0.1) is 24.0 Å². The highest BCUT2D eigenvalue weighted by Crippen LogP contribution is 2.24. The molecular weight excluding hydrogens is 505 g/mol. The molecule has 3 rings (SSSR count). The van der Waals surface area contributed by atoms with Gasteiger partial charge in [0.05, 0.1) is 30.3 Å². The number of aliphatic imine (C=N–C) groups is 1. The van der Waals surface area contributed by atoms with Gasteiger partial charge in [-0.05, 0) is 26.8 Å². The van der Waals surface area contributed by atoms with Gasteiger partial charge in [0.25, 0.3) is 0 Å². The van der Waals surface area contributed by atoms with E-state index in [1.807, 2.05) is 13.0 Å². The summed E-state index contributed by atoms with van der Waals surface area (Å²) in [5, 5.41) is 3.31. The Labute approximate surface area is 191 Å². The third-order valence-corrected chi connectivity index (χ3v) is 7.79. The third-order valence-electron chi connectivity index (χ3n) is 5.26. The number of aromatic nitrogens is 1. The van der Waals surface area contributed by atoms with Crippen molar-refractivity contribution in [2.45, 2.75) is 32.1 Å². The summed E-state index contributed by atoms with van der Waals surface area (Å²) in [5.74, 6) is 1.85. The number of guanidine groups is 1. The van der Waals surface area contributed by atoms with E-state index < -0.39 is 14.6 Å². The molecule has 1 aromatic heterocycles. The molecule has 1 aromatic rings. The summed E-state index contributed by atoms with van der Waals surface area (Å²) in [6.45, 7) is 10.8. The van der Waals surface area contributed by atoms with Crippen molar-refractivity contribution in [2.75, 3.05) is 56.6 Å². The highest BCUT2D eigenvalue weighted by atomic mass is 127. The lowest BCUT2D eigenvalue weighted by atomic mass is 10.2. The minimum atomic E-state index is -3.08. The molecule has 0 atom stereocenters. The van der Waals surface area contributed by atoms with E-state index in [1.54, 1.807) is 20.0 Å². The molecule has 164 valence electrons. The van der Waals surface area contributed by atoms with Crippen molar-refractivity contribution >= 4 is 45.6 Å². The lowest BCUT2D eigenvalue weighted by Crippen LogP contribution is -2.57. The van der Waals surface area contributed by atoms with Crippen molar-refractivity contribution in [3.63, 3.8) is 0 Å². The van der Waals surface area contributed by atoms with Gasteiger partial charge in [-0.2, -0.15) is 0 Å². The second-order valence-electron chi connectivity index (χ2n) is 7.76. The third kappa shape index (κ3) is 5.72. The number of nitrogens with zero attached hydrogens (tertiary/aromatic N) is 4. The van der Waals surface area contributed by atoms with Gasteiger partial charge in [-0.3, -0.25) is 0 Å². The topological polar surface area (TPSA) is 87.1 Å². The van der Waals surface area contributed by atoms with Crippen LogP contribution in [-0.4, -0.2) is 80.7 Å². The summed E-state index contributed by atoms with van der Waals surface area (Å²) in [6, 6.07) is 3.98. The van der Waals surface area contributed by atoms with Crippen LogP contribution in [0.1, 0.15) is 26.3 Å². The summed E-state index contributed by atoms with van der Waals surface area (Å²) in [4.78, 5) is 13.7. The van der Waals surface area contributed by atoms with Crippen molar-refractivity contribution in [1.82, 2.24) is 15.2 Å². The Morgan fingerprint density at radius 3 is 2.69 bits per heavy atom. The van der Waals surface area contributed by atoms with Gasteiger partial charge in [-0.25, -0.2) is 18.4 Å². The average Bonchev–Trinajstić information content (AvgIpc) is 2.68. The van der Waals surface area contributed by atoms with Crippen LogP contribution in [0.4, 0.5) is 5.82 Å². The molecule has 2 aliphatic rings.